The highest BCUT2D eigenvalue weighted by Crippen LogP contribution is 2.15. The molecule has 0 saturated heterocycles. The number of anilines is 1. The van der Waals surface area contributed by atoms with Crippen LogP contribution in [0.4, 0.5) is 10.1 Å². The summed E-state index contributed by atoms with van der Waals surface area (Å²) in [6, 6.07) is 3.96. The molecule has 4 heteroatoms. The van der Waals surface area contributed by atoms with Gasteiger partial charge < -0.3 is 11.1 Å². The first-order valence-corrected chi connectivity index (χ1v) is 4.33. The summed E-state index contributed by atoms with van der Waals surface area (Å²) in [5.41, 5.74) is 6.30. The summed E-state index contributed by atoms with van der Waals surface area (Å²) in [5.74, 6) is -0.841. The number of nitrogens with two attached hydrogens (primary N) is 1. The van der Waals surface area contributed by atoms with E-state index in [-0.39, 0.29) is 5.69 Å². The van der Waals surface area contributed by atoms with E-state index in [2.05, 4.69) is 5.32 Å². The van der Waals surface area contributed by atoms with Gasteiger partial charge in [0.15, 0.2) is 0 Å². The molecule has 1 aromatic carbocycles. The number of rotatable bonds is 2. The fraction of sp³-hybridized carbons (Fsp3) is 0.300. The Morgan fingerprint density at radius 3 is 2.71 bits per heavy atom. The minimum absolute atomic E-state index is 0.165. The highest BCUT2D eigenvalue weighted by atomic mass is 19.1. The average Bonchev–Trinajstić information content (AvgIpc) is 2.09. The second-order valence-corrected chi connectivity index (χ2v) is 3.26. The van der Waals surface area contributed by atoms with Crippen molar-refractivity contribution in [2.45, 2.75) is 19.9 Å². The SMILES string of the molecule is Cc1ccc(NC(=O)[C@@H](C)N)c(F)c1. The Bertz CT molecular complexity index is 350. The smallest absolute Gasteiger partial charge is 0.241 e. The second-order valence-electron chi connectivity index (χ2n) is 3.26. The van der Waals surface area contributed by atoms with Crippen LogP contribution in [0.5, 0.6) is 0 Å². The normalized spacial score (nSPS) is 12.3. The zero-order valence-corrected chi connectivity index (χ0v) is 8.17. The maximum absolute atomic E-state index is 13.2. The lowest BCUT2D eigenvalue weighted by Gasteiger charge is -2.08. The van der Waals surface area contributed by atoms with Gasteiger partial charge in [-0.15, -0.1) is 0 Å². The third-order valence-electron chi connectivity index (χ3n) is 1.80. The molecular formula is C10H13FN2O. The molecule has 3 nitrogen and oxygen atoms in total. The van der Waals surface area contributed by atoms with Gasteiger partial charge in [-0.05, 0) is 31.5 Å². The van der Waals surface area contributed by atoms with Crippen molar-refractivity contribution in [2.75, 3.05) is 5.32 Å². The maximum Gasteiger partial charge on any atom is 0.241 e. The van der Waals surface area contributed by atoms with Crippen LogP contribution in [-0.4, -0.2) is 11.9 Å². The fourth-order valence-corrected chi connectivity index (χ4v) is 0.968. The molecule has 0 aliphatic heterocycles. The zero-order valence-electron chi connectivity index (χ0n) is 8.17. The molecule has 0 fully saturated rings. The molecule has 0 radical (unpaired) electrons. The van der Waals surface area contributed by atoms with Crippen LogP contribution in [-0.2, 0) is 4.79 Å². The summed E-state index contributed by atoms with van der Waals surface area (Å²) in [7, 11) is 0. The Kier molecular flexibility index (Phi) is 3.19. The Labute approximate surface area is 82.1 Å². The van der Waals surface area contributed by atoms with E-state index in [0.717, 1.165) is 5.56 Å². The summed E-state index contributed by atoms with van der Waals surface area (Å²) < 4.78 is 13.2. The molecule has 1 rings (SSSR count). The Balaban J connectivity index is 2.82. The van der Waals surface area contributed by atoms with Crippen molar-refractivity contribution in [3.63, 3.8) is 0 Å². The molecule has 76 valence electrons. The van der Waals surface area contributed by atoms with Crippen LogP contribution >= 0.6 is 0 Å². The van der Waals surface area contributed by atoms with Gasteiger partial charge in [0, 0.05) is 0 Å². The van der Waals surface area contributed by atoms with Gasteiger partial charge in [0.05, 0.1) is 11.7 Å². The van der Waals surface area contributed by atoms with Crippen LogP contribution in [0, 0.1) is 12.7 Å². The van der Waals surface area contributed by atoms with Gasteiger partial charge in [-0.25, -0.2) is 4.39 Å². The van der Waals surface area contributed by atoms with Gasteiger partial charge in [-0.2, -0.15) is 0 Å². The van der Waals surface area contributed by atoms with Gasteiger partial charge in [0.1, 0.15) is 5.82 Å². The first-order chi connectivity index (χ1) is 6.50. The van der Waals surface area contributed by atoms with Crippen LogP contribution in [0.3, 0.4) is 0 Å². The molecule has 1 amide bonds. The van der Waals surface area contributed by atoms with E-state index in [1.165, 1.54) is 12.1 Å². The predicted octanol–water partition coefficient (Wildman–Crippen LogP) is 1.42. The molecule has 0 saturated carbocycles. The van der Waals surface area contributed by atoms with Crippen LogP contribution in [0.15, 0.2) is 18.2 Å². The minimum Gasteiger partial charge on any atom is -0.322 e. The molecule has 3 N–H and O–H groups in total. The van der Waals surface area contributed by atoms with E-state index in [1.54, 1.807) is 19.9 Å². The summed E-state index contributed by atoms with van der Waals surface area (Å²) in [6.07, 6.45) is 0. The zero-order chi connectivity index (χ0) is 10.7. The number of hydrogen-bond acceptors (Lipinski definition) is 2. The highest BCUT2D eigenvalue weighted by molar-refractivity contribution is 5.94. The lowest BCUT2D eigenvalue weighted by Crippen LogP contribution is -2.32. The maximum atomic E-state index is 13.2. The topological polar surface area (TPSA) is 55.1 Å². The standard InChI is InChI=1S/C10H13FN2O/c1-6-3-4-9(8(11)5-6)13-10(14)7(2)12/h3-5,7H,12H2,1-2H3,(H,13,14)/t7-/m1/s1. The van der Waals surface area contributed by atoms with Crippen LogP contribution in [0.25, 0.3) is 0 Å². The van der Waals surface area contributed by atoms with Crippen molar-refractivity contribution in [3.8, 4) is 0 Å². The first kappa shape index (κ1) is 10.7. The van der Waals surface area contributed by atoms with Crippen molar-refractivity contribution < 1.29 is 9.18 Å². The minimum atomic E-state index is -0.643. The lowest BCUT2D eigenvalue weighted by atomic mass is 10.2. The number of nitrogens with one attached hydrogen (secondary N) is 1. The first-order valence-electron chi connectivity index (χ1n) is 4.33. The summed E-state index contributed by atoms with van der Waals surface area (Å²) >= 11 is 0. The van der Waals surface area contributed by atoms with Gasteiger partial charge in [0.25, 0.3) is 0 Å². The molecule has 0 aliphatic carbocycles. The monoisotopic (exact) mass is 196 g/mol. The fourth-order valence-electron chi connectivity index (χ4n) is 0.968. The number of hydrogen-bond donors (Lipinski definition) is 2. The van der Waals surface area contributed by atoms with Crippen LogP contribution in [0.1, 0.15) is 12.5 Å². The molecule has 0 aliphatic rings. The van der Waals surface area contributed by atoms with E-state index < -0.39 is 17.8 Å². The van der Waals surface area contributed by atoms with E-state index in [9.17, 15) is 9.18 Å². The van der Waals surface area contributed by atoms with Gasteiger partial charge in [0.2, 0.25) is 5.91 Å². The van der Waals surface area contributed by atoms with Crippen molar-refractivity contribution in [1.82, 2.24) is 0 Å². The molecule has 0 unspecified atom stereocenters. The molecule has 1 aromatic rings. The molecule has 0 spiro atoms. The number of carbonyl (C=O) groups is 1. The summed E-state index contributed by atoms with van der Waals surface area (Å²) in [5, 5.41) is 2.40. The molecule has 14 heavy (non-hydrogen) atoms. The summed E-state index contributed by atoms with van der Waals surface area (Å²) in [6.45, 7) is 3.32. The Morgan fingerprint density at radius 1 is 1.57 bits per heavy atom. The number of carbonyl (C=O) groups excluding carboxylic acids is 1. The van der Waals surface area contributed by atoms with Gasteiger partial charge in [-0.1, -0.05) is 6.07 Å². The Morgan fingerprint density at radius 2 is 2.21 bits per heavy atom. The van der Waals surface area contributed by atoms with Gasteiger partial charge in [-0.3, -0.25) is 4.79 Å². The van der Waals surface area contributed by atoms with E-state index >= 15 is 0 Å². The number of benzene rings is 1. The van der Waals surface area contributed by atoms with Crippen molar-refractivity contribution in [1.29, 1.82) is 0 Å². The van der Waals surface area contributed by atoms with E-state index in [1.807, 2.05) is 0 Å². The molecule has 0 heterocycles. The quantitative estimate of drug-likeness (QED) is 0.751. The predicted molar refractivity (Wildman–Crippen MR) is 53.4 cm³/mol. The highest BCUT2D eigenvalue weighted by Gasteiger charge is 2.10. The van der Waals surface area contributed by atoms with E-state index in [4.69, 9.17) is 5.73 Å². The van der Waals surface area contributed by atoms with Crippen molar-refractivity contribution in [2.24, 2.45) is 5.73 Å². The largest absolute Gasteiger partial charge is 0.322 e. The van der Waals surface area contributed by atoms with Crippen molar-refractivity contribution in [3.05, 3.63) is 29.6 Å². The molecular weight excluding hydrogens is 183 g/mol. The second kappa shape index (κ2) is 4.19. The van der Waals surface area contributed by atoms with Gasteiger partial charge >= 0.3 is 0 Å². The third kappa shape index (κ3) is 2.53. The number of halogens is 1. The lowest BCUT2D eigenvalue weighted by molar-refractivity contribution is -0.117. The number of amides is 1. The van der Waals surface area contributed by atoms with Crippen LogP contribution in [0.2, 0.25) is 0 Å². The Hall–Kier alpha value is -1.42. The molecule has 0 aromatic heterocycles. The third-order valence-corrected chi connectivity index (χ3v) is 1.80. The number of aryl methyl sites for hydroxylation is 1. The van der Waals surface area contributed by atoms with E-state index in [0.29, 0.717) is 0 Å². The molecule has 1 atom stereocenters. The molecule has 0 bridgehead atoms. The summed E-state index contributed by atoms with van der Waals surface area (Å²) in [4.78, 5) is 11.1. The van der Waals surface area contributed by atoms with Crippen molar-refractivity contribution >= 4 is 11.6 Å². The van der Waals surface area contributed by atoms with Crippen LogP contribution < -0.4 is 11.1 Å². The average molecular weight is 196 g/mol.